The first-order chi connectivity index (χ1) is 9.08. The number of rotatable bonds is 4. The molecular weight excluding hydrogens is 274 g/mol. The van der Waals surface area contributed by atoms with Gasteiger partial charge < -0.3 is 10.2 Å². The van der Waals surface area contributed by atoms with E-state index in [4.69, 9.17) is 0 Å². The zero-order valence-corrected chi connectivity index (χ0v) is 13.9. The van der Waals surface area contributed by atoms with E-state index in [0.717, 1.165) is 38.6 Å². The van der Waals surface area contributed by atoms with Crippen molar-refractivity contribution in [1.29, 1.82) is 0 Å². The Balaban J connectivity index is 0.00000200. The Morgan fingerprint density at radius 1 is 1.20 bits per heavy atom. The summed E-state index contributed by atoms with van der Waals surface area (Å²) in [5.74, 6) is 2.37. The topological polar surface area (TPSA) is 35.6 Å². The molecule has 20 heavy (non-hydrogen) atoms. The lowest BCUT2D eigenvalue weighted by Crippen LogP contribution is -2.46. The maximum atomic E-state index is 12.4. The third kappa shape index (κ3) is 4.90. The van der Waals surface area contributed by atoms with E-state index in [1.54, 1.807) is 0 Å². The molecule has 2 saturated heterocycles. The minimum atomic E-state index is 0. The van der Waals surface area contributed by atoms with E-state index in [9.17, 15) is 4.79 Å². The third-order valence-corrected chi connectivity index (χ3v) is 4.44. The van der Waals surface area contributed by atoms with Crippen molar-refractivity contribution in [3.05, 3.63) is 0 Å². The second-order valence-electron chi connectivity index (χ2n) is 6.69. The predicted octanol–water partition coefficient (Wildman–Crippen LogP) is 1.45. The smallest absolute Gasteiger partial charge is 0.236 e. The molecule has 0 aromatic rings. The monoisotopic (exact) mass is 303 g/mol. The number of piperidine rings is 1. The Bertz CT molecular complexity index is 303. The van der Waals surface area contributed by atoms with Crippen molar-refractivity contribution in [2.24, 2.45) is 17.8 Å². The molecule has 2 heterocycles. The Labute approximate surface area is 129 Å². The van der Waals surface area contributed by atoms with Crippen molar-refractivity contribution in [3.8, 4) is 0 Å². The van der Waals surface area contributed by atoms with E-state index in [0.29, 0.717) is 24.3 Å². The van der Waals surface area contributed by atoms with Crippen molar-refractivity contribution >= 4 is 18.3 Å². The number of carbonyl (C=O) groups is 1. The molecule has 1 N–H and O–H groups in total. The van der Waals surface area contributed by atoms with Gasteiger partial charge in [0.2, 0.25) is 5.91 Å². The first kappa shape index (κ1) is 17.7. The van der Waals surface area contributed by atoms with Crippen LogP contribution in [0.5, 0.6) is 0 Å². The van der Waals surface area contributed by atoms with Crippen LogP contribution in [0, 0.1) is 17.8 Å². The van der Waals surface area contributed by atoms with Gasteiger partial charge in [0.05, 0.1) is 6.54 Å². The third-order valence-electron chi connectivity index (χ3n) is 4.44. The van der Waals surface area contributed by atoms with Crippen LogP contribution in [0.25, 0.3) is 0 Å². The molecule has 118 valence electrons. The van der Waals surface area contributed by atoms with Crippen LogP contribution in [0.1, 0.15) is 26.7 Å². The molecule has 0 saturated carbocycles. The first-order valence-corrected chi connectivity index (χ1v) is 7.73. The summed E-state index contributed by atoms with van der Waals surface area (Å²) >= 11 is 0. The van der Waals surface area contributed by atoms with Gasteiger partial charge in [0.15, 0.2) is 0 Å². The summed E-state index contributed by atoms with van der Waals surface area (Å²) in [6, 6.07) is 0. The second kappa shape index (κ2) is 8.20. The molecule has 3 atom stereocenters. The Morgan fingerprint density at radius 2 is 1.85 bits per heavy atom. The molecule has 1 amide bonds. The summed E-state index contributed by atoms with van der Waals surface area (Å²) in [7, 11) is 2.00. The van der Waals surface area contributed by atoms with Crippen LogP contribution in [0.2, 0.25) is 0 Å². The second-order valence-corrected chi connectivity index (χ2v) is 6.69. The minimum Gasteiger partial charge on any atom is -0.341 e. The van der Waals surface area contributed by atoms with Crippen LogP contribution in [0.3, 0.4) is 0 Å². The molecule has 0 radical (unpaired) electrons. The number of likely N-dealkylation sites (tertiary alicyclic amines) is 2. The van der Waals surface area contributed by atoms with Gasteiger partial charge in [-0.15, -0.1) is 12.4 Å². The molecule has 0 aliphatic carbocycles. The molecular formula is C15H30ClN3O. The Kier molecular flexibility index (Phi) is 7.27. The number of nitrogens with zero attached hydrogens (tertiary/aromatic N) is 2. The zero-order chi connectivity index (χ0) is 13.8. The van der Waals surface area contributed by atoms with Crippen molar-refractivity contribution in [2.45, 2.75) is 26.7 Å². The van der Waals surface area contributed by atoms with Gasteiger partial charge in [-0.05, 0) is 50.7 Å². The molecule has 0 aromatic carbocycles. The van der Waals surface area contributed by atoms with E-state index in [1.165, 1.54) is 12.8 Å². The van der Waals surface area contributed by atoms with Crippen molar-refractivity contribution < 1.29 is 4.79 Å². The Hall–Kier alpha value is -0.320. The molecule has 2 aliphatic rings. The van der Waals surface area contributed by atoms with Gasteiger partial charge in [0.25, 0.3) is 0 Å². The van der Waals surface area contributed by atoms with Crippen molar-refractivity contribution in [3.63, 3.8) is 0 Å². The molecule has 0 bridgehead atoms. The quantitative estimate of drug-likeness (QED) is 0.854. The summed E-state index contributed by atoms with van der Waals surface area (Å²) in [6.45, 7) is 10.3. The fraction of sp³-hybridized carbons (Fsp3) is 0.933. The molecule has 0 spiro atoms. The van der Waals surface area contributed by atoms with E-state index < -0.39 is 0 Å². The van der Waals surface area contributed by atoms with Gasteiger partial charge in [0, 0.05) is 19.6 Å². The van der Waals surface area contributed by atoms with Gasteiger partial charge in [-0.3, -0.25) is 9.69 Å². The zero-order valence-electron chi connectivity index (χ0n) is 13.1. The summed E-state index contributed by atoms with van der Waals surface area (Å²) in [4.78, 5) is 16.8. The fourth-order valence-corrected chi connectivity index (χ4v) is 3.67. The molecule has 3 unspecified atom stereocenters. The Morgan fingerprint density at radius 3 is 2.45 bits per heavy atom. The van der Waals surface area contributed by atoms with Crippen LogP contribution in [0.15, 0.2) is 0 Å². The van der Waals surface area contributed by atoms with Crippen molar-refractivity contribution in [1.82, 2.24) is 15.1 Å². The SMILES string of the molecule is CNCC1CCN(CC(=O)N2CC(C)CC(C)C2)C1.Cl. The lowest BCUT2D eigenvalue weighted by Gasteiger charge is -2.35. The number of nitrogens with one attached hydrogen (secondary N) is 1. The lowest BCUT2D eigenvalue weighted by atomic mass is 9.92. The maximum Gasteiger partial charge on any atom is 0.236 e. The van der Waals surface area contributed by atoms with E-state index in [2.05, 4.69) is 29.0 Å². The highest BCUT2D eigenvalue weighted by atomic mass is 35.5. The normalized spacial score (nSPS) is 31.1. The van der Waals surface area contributed by atoms with Crippen LogP contribution >= 0.6 is 12.4 Å². The number of amides is 1. The summed E-state index contributed by atoms with van der Waals surface area (Å²) in [5, 5.41) is 3.24. The van der Waals surface area contributed by atoms with Gasteiger partial charge in [0.1, 0.15) is 0 Å². The molecule has 2 fully saturated rings. The molecule has 2 aliphatic heterocycles. The minimum absolute atomic E-state index is 0. The standard InChI is InChI=1S/C15H29N3O.ClH/c1-12-6-13(2)9-18(8-12)15(19)11-17-5-4-14(10-17)7-16-3;/h12-14,16H,4-11H2,1-3H3;1H. The van der Waals surface area contributed by atoms with Crippen LogP contribution in [0.4, 0.5) is 0 Å². The molecule has 4 nitrogen and oxygen atoms in total. The number of hydrogen-bond donors (Lipinski definition) is 1. The van der Waals surface area contributed by atoms with Crippen LogP contribution < -0.4 is 5.32 Å². The van der Waals surface area contributed by atoms with E-state index in [-0.39, 0.29) is 12.4 Å². The molecule has 2 rings (SSSR count). The number of halogens is 1. The molecule has 5 heteroatoms. The van der Waals surface area contributed by atoms with E-state index in [1.807, 2.05) is 7.05 Å². The lowest BCUT2D eigenvalue weighted by molar-refractivity contribution is -0.134. The highest BCUT2D eigenvalue weighted by Crippen LogP contribution is 2.22. The summed E-state index contributed by atoms with van der Waals surface area (Å²) in [5.41, 5.74) is 0. The van der Waals surface area contributed by atoms with Gasteiger partial charge in [-0.1, -0.05) is 13.8 Å². The van der Waals surface area contributed by atoms with Gasteiger partial charge in [-0.2, -0.15) is 0 Å². The number of carbonyl (C=O) groups excluding carboxylic acids is 1. The first-order valence-electron chi connectivity index (χ1n) is 7.73. The van der Waals surface area contributed by atoms with E-state index >= 15 is 0 Å². The summed E-state index contributed by atoms with van der Waals surface area (Å²) in [6.07, 6.45) is 2.48. The van der Waals surface area contributed by atoms with Gasteiger partial charge in [-0.25, -0.2) is 0 Å². The molecule has 0 aromatic heterocycles. The highest BCUT2D eigenvalue weighted by molar-refractivity contribution is 5.85. The average molecular weight is 304 g/mol. The largest absolute Gasteiger partial charge is 0.341 e. The maximum absolute atomic E-state index is 12.4. The number of hydrogen-bond acceptors (Lipinski definition) is 3. The van der Waals surface area contributed by atoms with Crippen molar-refractivity contribution in [2.75, 3.05) is 46.3 Å². The van der Waals surface area contributed by atoms with Gasteiger partial charge >= 0.3 is 0 Å². The van der Waals surface area contributed by atoms with Crippen LogP contribution in [-0.2, 0) is 4.79 Å². The van der Waals surface area contributed by atoms with Crippen LogP contribution in [-0.4, -0.2) is 62.0 Å². The predicted molar refractivity (Wildman–Crippen MR) is 85.2 cm³/mol. The average Bonchev–Trinajstić information content (AvgIpc) is 2.76. The highest BCUT2D eigenvalue weighted by Gasteiger charge is 2.28. The summed E-state index contributed by atoms with van der Waals surface area (Å²) < 4.78 is 0. The fourth-order valence-electron chi connectivity index (χ4n) is 3.67.